The van der Waals surface area contributed by atoms with Gasteiger partial charge in [-0.05, 0) is 81.8 Å². The lowest BCUT2D eigenvalue weighted by Gasteiger charge is -2.34. The number of carbonyl (C=O) groups is 1. The van der Waals surface area contributed by atoms with Crippen LogP contribution in [0, 0.1) is 5.92 Å². The number of carbonyl (C=O) groups excluding carboxylic acids is 1. The summed E-state index contributed by atoms with van der Waals surface area (Å²) in [5, 5.41) is 9.05. The molecule has 1 amide bonds. The summed E-state index contributed by atoms with van der Waals surface area (Å²) in [7, 11) is 1.69. The first-order valence-corrected chi connectivity index (χ1v) is 10.7. The Balaban J connectivity index is 1.74. The molecule has 5 nitrogen and oxygen atoms in total. The third kappa shape index (κ3) is 7.47. The van der Waals surface area contributed by atoms with Gasteiger partial charge in [-0.3, -0.25) is 0 Å². The number of aliphatic hydroxyl groups is 1. The van der Waals surface area contributed by atoms with E-state index in [2.05, 4.69) is 11.8 Å². The molecule has 1 aliphatic carbocycles. The fourth-order valence-corrected chi connectivity index (χ4v) is 4.03. The van der Waals surface area contributed by atoms with Crippen LogP contribution in [0.5, 0.6) is 5.75 Å². The molecule has 1 aromatic rings. The number of amides is 1. The van der Waals surface area contributed by atoms with Gasteiger partial charge in [0, 0.05) is 19.6 Å². The standard InChI is InChI=1S/C22H33F3N2O3/c1-3-27(15-16-28)14-4-5-17-6-10-19(11-7-17)26(2)21(29)30-20-12-8-18(9-13-20)22(23,24)25/h8-9,12-13,17,19,28H,3-7,10-11,14-16H2,1-2H3. The highest BCUT2D eigenvalue weighted by Gasteiger charge is 2.31. The van der Waals surface area contributed by atoms with Gasteiger partial charge < -0.3 is 19.6 Å². The third-order valence-corrected chi connectivity index (χ3v) is 5.99. The molecule has 2 rings (SSSR count). The van der Waals surface area contributed by atoms with Crippen molar-refractivity contribution in [3.8, 4) is 5.75 Å². The molecule has 0 aliphatic heterocycles. The van der Waals surface area contributed by atoms with Gasteiger partial charge in [0.2, 0.25) is 0 Å². The molecular weight excluding hydrogens is 397 g/mol. The van der Waals surface area contributed by atoms with Crippen molar-refractivity contribution >= 4 is 6.09 Å². The molecule has 0 spiro atoms. The molecule has 1 aromatic carbocycles. The highest BCUT2D eigenvalue weighted by atomic mass is 19.4. The van der Waals surface area contributed by atoms with E-state index < -0.39 is 17.8 Å². The van der Waals surface area contributed by atoms with Gasteiger partial charge in [0.1, 0.15) is 5.75 Å². The van der Waals surface area contributed by atoms with Gasteiger partial charge in [-0.25, -0.2) is 4.79 Å². The molecule has 0 radical (unpaired) electrons. The van der Waals surface area contributed by atoms with Crippen molar-refractivity contribution in [3.05, 3.63) is 29.8 Å². The smallest absolute Gasteiger partial charge is 0.410 e. The van der Waals surface area contributed by atoms with Crippen LogP contribution in [0.1, 0.15) is 51.0 Å². The van der Waals surface area contributed by atoms with E-state index in [0.717, 1.165) is 70.3 Å². The van der Waals surface area contributed by atoms with Gasteiger partial charge in [-0.2, -0.15) is 13.2 Å². The minimum absolute atomic E-state index is 0.0877. The van der Waals surface area contributed by atoms with E-state index in [0.29, 0.717) is 5.92 Å². The summed E-state index contributed by atoms with van der Waals surface area (Å²) >= 11 is 0. The molecule has 0 bridgehead atoms. The Hall–Kier alpha value is -1.80. The van der Waals surface area contributed by atoms with Gasteiger partial charge in [-0.15, -0.1) is 0 Å². The van der Waals surface area contributed by atoms with E-state index in [-0.39, 0.29) is 18.4 Å². The fraction of sp³-hybridized carbons (Fsp3) is 0.682. The van der Waals surface area contributed by atoms with Gasteiger partial charge in [0.25, 0.3) is 0 Å². The Morgan fingerprint density at radius 1 is 1.13 bits per heavy atom. The number of benzene rings is 1. The van der Waals surface area contributed by atoms with Gasteiger partial charge in [0.05, 0.1) is 12.2 Å². The topological polar surface area (TPSA) is 53.0 Å². The highest BCUT2D eigenvalue weighted by Crippen LogP contribution is 2.32. The number of hydrogen-bond acceptors (Lipinski definition) is 4. The SMILES string of the molecule is CCN(CCO)CCCC1CCC(N(C)C(=O)Oc2ccc(C(F)(F)F)cc2)CC1. The molecule has 0 heterocycles. The first kappa shape index (κ1) is 24.5. The number of aliphatic hydroxyl groups excluding tert-OH is 1. The van der Waals surface area contributed by atoms with Crippen LogP contribution in [0.3, 0.4) is 0 Å². The average molecular weight is 431 g/mol. The van der Waals surface area contributed by atoms with E-state index in [9.17, 15) is 18.0 Å². The second-order valence-corrected chi connectivity index (χ2v) is 7.98. The number of likely N-dealkylation sites (N-methyl/N-ethyl adjacent to an activating group) is 1. The number of halogens is 3. The molecule has 1 saturated carbocycles. The number of rotatable bonds is 9. The quantitative estimate of drug-likeness (QED) is 0.612. The predicted molar refractivity (Wildman–Crippen MR) is 109 cm³/mol. The largest absolute Gasteiger partial charge is 0.416 e. The zero-order valence-corrected chi connectivity index (χ0v) is 17.8. The van der Waals surface area contributed by atoms with Crippen molar-refractivity contribution in [2.45, 2.75) is 57.7 Å². The minimum atomic E-state index is -4.41. The second kappa shape index (κ2) is 11.6. The third-order valence-electron chi connectivity index (χ3n) is 5.99. The molecule has 1 aliphatic rings. The summed E-state index contributed by atoms with van der Waals surface area (Å²) in [6, 6.07) is 4.25. The van der Waals surface area contributed by atoms with Crippen LogP contribution >= 0.6 is 0 Å². The van der Waals surface area contributed by atoms with Crippen LogP contribution in [-0.4, -0.2) is 60.3 Å². The van der Waals surface area contributed by atoms with Crippen molar-refractivity contribution in [1.29, 1.82) is 0 Å². The number of hydrogen-bond donors (Lipinski definition) is 1. The Labute approximate surface area is 176 Å². The van der Waals surface area contributed by atoms with Crippen molar-refractivity contribution in [1.82, 2.24) is 9.80 Å². The Morgan fingerprint density at radius 3 is 2.30 bits per heavy atom. The maximum Gasteiger partial charge on any atom is 0.416 e. The molecule has 30 heavy (non-hydrogen) atoms. The zero-order valence-electron chi connectivity index (χ0n) is 17.8. The van der Waals surface area contributed by atoms with E-state index >= 15 is 0 Å². The first-order chi connectivity index (χ1) is 14.2. The Morgan fingerprint density at radius 2 is 1.77 bits per heavy atom. The fourth-order valence-electron chi connectivity index (χ4n) is 4.03. The summed E-state index contributed by atoms with van der Waals surface area (Å²) in [6.07, 6.45) is 1.20. The molecule has 0 unspecified atom stereocenters. The van der Waals surface area contributed by atoms with Crippen LogP contribution in [-0.2, 0) is 6.18 Å². The van der Waals surface area contributed by atoms with Crippen molar-refractivity contribution in [3.63, 3.8) is 0 Å². The van der Waals surface area contributed by atoms with Gasteiger partial charge in [0.15, 0.2) is 0 Å². The maximum absolute atomic E-state index is 12.6. The van der Waals surface area contributed by atoms with Crippen LogP contribution < -0.4 is 4.74 Å². The summed E-state index contributed by atoms with van der Waals surface area (Å²) in [5.41, 5.74) is -0.771. The molecule has 170 valence electrons. The van der Waals surface area contributed by atoms with E-state index in [1.807, 2.05) is 0 Å². The van der Waals surface area contributed by atoms with Crippen molar-refractivity contribution in [2.24, 2.45) is 5.92 Å². The molecule has 0 aromatic heterocycles. The molecule has 0 saturated heterocycles. The second-order valence-electron chi connectivity index (χ2n) is 7.98. The molecule has 1 N–H and O–H groups in total. The minimum Gasteiger partial charge on any atom is -0.410 e. The lowest BCUT2D eigenvalue weighted by Crippen LogP contribution is -2.41. The maximum atomic E-state index is 12.6. The highest BCUT2D eigenvalue weighted by molar-refractivity contribution is 5.70. The van der Waals surface area contributed by atoms with Crippen LogP contribution in [0.2, 0.25) is 0 Å². The molecule has 0 atom stereocenters. The summed E-state index contributed by atoms with van der Waals surface area (Å²) in [4.78, 5) is 16.2. The predicted octanol–water partition coefficient (Wildman–Crippen LogP) is 4.79. The Kier molecular flexibility index (Phi) is 9.42. The number of alkyl halides is 3. The van der Waals surface area contributed by atoms with Crippen molar-refractivity contribution in [2.75, 3.05) is 33.3 Å². The molecule has 8 heteroatoms. The van der Waals surface area contributed by atoms with Crippen molar-refractivity contribution < 1.29 is 27.8 Å². The van der Waals surface area contributed by atoms with Crippen LogP contribution in [0.4, 0.5) is 18.0 Å². The first-order valence-electron chi connectivity index (χ1n) is 10.7. The van der Waals surface area contributed by atoms with E-state index in [4.69, 9.17) is 9.84 Å². The lowest BCUT2D eigenvalue weighted by atomic mass is 9.83. The van der Waals surface area contributed by atoms with Gasteiger partial charge >= 0.3 is 12.3 Å². The lowest BCUT2D eigenvalue weighted by molar-refractivity contribution is -0.137. The van der Waals surface area contributed by atoms with Crippen LogP contribution in [0.25, 0.3) is 0 Å². The summed E-state index contributed by atoms with van der Waals surface area (Å²) < 4.78 is 43.1. The monoisotopic (exact) mass is 430 g/mol. The average Bonchev–Trinajstić information content (AvgIpc) is 2.72. The molecule has 1 fully saturated rings. The van der Waals surface area contributed by atoms with E-state index in [1.165, 1.54) is 12.1 Å². The van der Waals surface area contributed by atoms with Gasteiger partial charge in [-0.1, -0.05) is 6.92 Å². The summed E-state index contributed by atoms with van der Waals surface area (Å²) in [6.45, 7) is 4.94. The zero-order chi connectivity index (χ0) is 22.1. The summed E-state index contributed by atoms with van der Waals surface area (Å²) in [5.74, 6) is 0.755. The number of ether oxygens (including phenoxy) is 1. The molecular formula is C22H33F3N2O3. The number of nitrogens with zero attached hydrogens (tertiary/aromatic N) is 2. The van der Waals surface area contributed by atoms with Crippen LogP contribution in [0.15, 0.2) is 24.3 Å². The normalized spacial score (nSPS) is 19.7. The van der Waals surface area contributed by atoms with E-state index in [1.54, 1.807) is 11.9 Å². The Bertz CT molecular complexity index is 644.